The zero-order valence-corrected chi connectivity index (χ0v) is 25.7. The maximum absolute atomic E-state index is 14.4. The Kier molecular flexibility index (Phi) is 10.6. The third-order valence-corrected chi connectivity index (χ3v) is 7.73. The highest BCUT2D eigenvalue weighted by Gasteiger charge is 2.52. The fourth-order valence-corrected chi connectivity index (χ4v) is 5.34. The van der Waals surface area contributed by atoms with Gasteiger partial charge in [0.1, 0.15) is 11.5 Å². The van der Waals surface area contributed by atoms with Gasteiger partial charge in [0.2, 0.25) is 5.90 Å². The number of hydrogen-bond donors (Lipinski definition) is 2. The van der Waals surface area contributed by atoms with Gasteiger partial charge in [-0.05, 0) is 59.2 Å². The van der Waals surface area contributed by atoms with E-state index < -0.39 is 29.3 Å². The van der Waals surface area contributed by atoms with E-state index in [1.54, 1.807) is 48.5 Å². The molecule has 2 atom stereocenters. The molecule has 0 fully saturated rings. The van der Waals surface area contributed by atoms with Crippen molar-refractivity contribution >= 4 is 17.9 Å². The summed E-state index contributed by atoms with van der Waals surface area (Å²) in [5.41, 5.74) is -0.407. The number of ether oxygens (including phenoxy) is 3. The standard InChI is InChI=1S/C37H35F3N2O5/c1-45-31-15-7-14-28(24-31)33-36(21-8-12-26-10-3-2-4-11-26,35(44)41-25-29-13-5-6-16-32(29)37(38,39)40)42-34(47-33)27-17-19-30(20-18-27)46-23-9-22-43/h2-8,10-20,24,33,43H,9,21-23,25H2,1H3,(H,41,44)/b12-8+/t33-,36-/m1/s1. The van der Waals surface area contributed by atoms with Crippen molar-refractivity contribution in [1.29, 1.82) is 0 Å². The Bertz CT molecular complexity index is 1710. The van der Waals surface area contributed by atoms with Crippen molar-refractivity contribution < 1.29 is 37.3 Å². The number of halogens is 3. The molecule has 0 bridgehead atoms. The van der Waals surface area contributed by atoms with Gasteiger partial charge < -0.3 is 24.6 Å². The van der Waals surface area contributed by atoms with E-state index in [9.17, 15) is 18.0 Å². The molecule has 0 aliphatic carbocycles. The van der Waals surface area contributed by atoms with Crippen LogP contribution in [0.25, 0.3) is 6.08 Å². The van der Waals surface area contributed by atoms with Crippen molar-refractivity contribution in [2.45, 2.75) is 37.2 Å². The van der Waals surface area contributed by atoms with Gasteiger partial charge in [0.25, 0.3) is 5.91 Å². The first-order valence-electron chi connectivity index (χ1n) is 15.1. The average molecular weight is 645 g/mol. The van der Waals surface area contributed by atoms with E-state index >= 15 is 0 Å². The number of carbonyl (C=O) groups is 1. The molecule has 0 unspecified atom stereocenters. The first kappa shape index (κ1) is 33.3. The molecule has 47 heavy (non-hydrogen) atoms. The largest absolute Gasteiger partial charge is 0.497 e. The van der Waals surface area contributed by atoms with Gasteiger partial charge in [0.15, 0.2) is 11.6 Å². The lowest BCUT2D eigenvalue weighted by atomic mass is 9.84. The molecule has 2 N–H and O–H groups in total. The number of methoxy groups -OCH3 is 1. The van der Waals surface area contributed by atoms with Crippen LogP contribution in [0.4, 0.5) is 13.2 Å². The summed E-state index contributed by atoms with van der Waals surface area (Å²) in [5.74, 6) is 0.720. The van der Waals surface area contributed by atoms with Gasteiger partial charge >= 0.3 is 6.18 Å². The third kappa shape index (κ3) is 8.01. The van der Waals surface area contributed by atoms with E-state index in [-0.39, 0.29) is 31.0 Å². The maximum Gasteiger partial charge on any atom is 0.416 e. The van der Waals surface area contributed by atoms with Crippen LogP contribution in [0.1, 0.15) is 46.8 Å². The van der Waals surface area contributed by atoms with Gasteiger partial charge in [0.05, 0.1) is 19.3 Å². The molecule has 0 radical (unpaired) electrons. The van der Waals surface area contributed by atoms with Crippen LogP contribution in [0.3, 0.4) is 0 Å². The lowest BCUT2D eigenvalue weighted by molar-refractivity contribution is -0.138. The van der Waals surface area contributed by atoms with Gasteiger partial charge in [-0.15, -0.1) is 0 Å². The number of nitrogens with zero attached hydrogens (tertiary/aromatic N) is 1. The number of nitrogens with one attached hydrogen (secondary N) is 1. The van der Waals surface area contributed by atoms with E-state index in [4.69, 9.17) is 24.3 Å². The molecule has 0 aromatic heterocycles. The molecular formula is C37H35F3N2O5. The van der Waals surface area contributed by atoms with Crippen LogP contribution in [0.15, 0.2) is 114 Å². The number of hydrogen-bond acceptors (Lipinski definition) is 6. The molecule has 1 heterocycles. The Labute approximate surface area is 271 Å². The van der Waals surface area contributed by atoms with Crippen molar-refractivity contribution in [2.24, 2.45) is 4.99 Å². The molecule has 244 valence electrons. The first-order chi connectivity index (χ1) is 22.7. The molecule has 1 amide bonds. The first-order valence-corrected chi connectivity index (χ1v) is 15.1. The van der Waals surface area contributed by atoms with Gasteiger partial charge in [-0.1, -0.05) is 72.8 Å². The fraction of sp³-hybridized carbons (Fsp3) is 0.243. The predicted molar refractivity (Wildman–Crippen MR) is 173 cm³/mol. The summed E-state index contributed by atoms with van der Waals surface area (Å²) in [6, 6.07) is 28.7. The zero-order valence-electron chi connectivity index (χ0n) is 25.7. The summed E-state index contributed by atoms with van der Waals surface area (Å²) in [5, 5.41) is 11.8. The number of aliphatic imine (C=N–C) groups is 1. The second-order valence-electron chi connectivity index (χ2n) is 10.9. The van der Waals surface area contributed by atoms with Crippen molar-refractivity contribution in [3.8, 4) is 11.5 Å². The molecule has 0 saturated carbocycles. The second-order valence-corrected chi connectivity index (χ2v) is 10.9. The van der Waals surface area contributed by atoms with Crippen LogP contribution in [0.2, 0.25) is 0 Å². The molecule has 7 nitrogen and oxygen atoms in total. The molecule has 4 aromatic carbocycles. The van der Waals surface area contributed by atoms with E-state index in [1.807, 2.05) is 42.5 Å². The number of aliphatic hydroxyl groups excluding tert-OH is 1. The van der Waals surface area contributed by atoms with E-state index in [0.29, 0.717) is 35.7 Å². The summed E-state index contributed by atoms with van der Waals surface area (Å²) >= 11 is 0. The number of rotatable bonds is 13. The van der Waals surface area contributed by atoms with Crippen LogP contribution < -0.4 is 14.8 Å². The highest BCUT2D eigenvalue weighted by atomic mass is 19.4. The summed E-state index contributed by atoms with van der Waals surface area (Å²) in [6.45, 7) is -0.00697. The Hall–Kier alpha value is -5.09. The molecule has 5 rings (SSSR count). The van der Waals surface area contributed by atoms with Gasteiger partial charge in [0, 0.05) is 31.6 Å². The van der Waals surface area contributed by atoms with Gasteiger partial charge in [-0.2, -0.15) is 13.2 Å². The quantitative estimate of drug-likeness (QED) is 0.151. The molecule has 1 aliphatic heterocycles. The SMILES string of the molecule is COc1cccc([C@H]2OC(c3ccc(OCCCO)cc3)=N[C@@]2(C/C=C/c2ccccc2)C(=O)NCc2ccccc2C(F)(F)F)c1. The fourth-order valence-electron chi connectivity index (χ4n) is 5.34. The van der Waals surface area contributed by atoms with Crippen molar-refractivity contribution in [1.82, 2.24) is 5.32 Å². The molecule has 4 aromatic rings. The van der Waals surface area contributed by atoms with E-state index in [2.05, 4.69) is 5.32 Å². The van der Waals surface area contributed by atoms with Crippen molar-refractivity contribution in [3.05, 3.63) is 137 Å². The summed E-state index contributed by atoms with van der Waals surface area (Å²) in [7, 11) is 1.53. The minimum atomic E-state index is -4.59. The van der Waals surface area contributed by atoms with Crippen LogP contribution >= 0.6 is 0 Å². The van der Waals surface area contributed by atoms with Crippen LogP contribution in [0.5, 0.6) is 11.5 Å². The molecule has 1 aliphatic rings. The highest BCUT2D eigenvalue weighted by Crippen LogP contribution is 2.44. The minimum absolute atomic E-state index is 0.0129. The summed E-state index contributed by atoms with van der Waals surface area (Å²) in [6.07, 6.45) is -1.30. The number of aliphatic hydroxyl groups is 1. The van der Waals surface area contributed by atoms with Gasteiger partial charge in [-0.3, -0.25) is 4.79 Å². The summed E-state index contributed by atoms with van der Waals surface area (Å²) in [4.78, 5) is 19.3. The maximum atomic E-state index is 14.4. The highest BCUT2D eigenvalue weighted by molar-refractivity contribution is 6.01. The topological polar surface area (TPSA) is 89.4 Å². The average Bonchev–Trinajstić information content (AvgIpc) is 3.48. The Morgan fingerprint density at radius 2 is 1.72 bits per heavy atom. The zero-order chi connectivity index (χ0) is 33.3. The van der Waals surface area contributed by atoms with Crippen LogP contribution in [0, 0.1) is 0 Å². The molecule has 0 spiro atoms. The number of carbonyl (C=O) groups excluding carboxylic acids is 1. The smallest absolute Gasteiger partial charge is 0.416 e. The lowest BCUT2D eigenvalue weighted by Crippen LogP contribution is -2.48. The normalized spacial score (nSPS) is 17.6. The van der Waals surface area contributed by atoms with E-state index in [1.165, 1.54) is 25.3 Å². The predicted octanol–water partition coefficient (Wildman–Crippen LogP) is 7.15. The van der Waals surface area contributed by atoms with Crippen molar-refractivity contribution in [2.75, 3.05) is 20.3 Å². The van der Waals surface area contributed by atoms with E-state index in [0.717, 1.165) is 11.6 Å². The third-order valence-electron chi connectivity index (χ3n) is 7.73. The summed E-state index contributed by atoms with van der Waals surface area (Å²) < 4.78 is 59.0. The minimum Gasteiger partial charge on any atom is -0.497 e. The van der Waals surface area contributed by atoms with Crippen LogP contribution in [-0.4, -0.2) is 42.8 Å². The van der Waals surface area contributed by atoms with Crippen molar-refractivity contribution in [3.63, 3.8) is 0 Å². The van der Waals surface area contributed by atoms with Gasteiger partial charge in [-0.25, -0.2) is 4.99 Å². The number of amides is 1. The Morgan fingerprint density at radius 1 is 0.979 bits per heavy atom. The van der Waals surface area contributed by atoms with Crippen LogP contribution in [-0.2, 0) is 22.3 Å². The lowest BCUT2D eigenvalue weighted by Gasteiger charge is -2.30. The molecular weight excluding hydrogens is 609 g/mol. The molecule has 10 heteroatoms. The Morgan fingerprint density at radius 3 is 2.45 bits per heavy atom. The number of alkyl halides is 3. The Balaban J connectivity index is 1.55. The molecule has 0 saturated heterocycles. The monoisotopic (exact) mass is 644 g/mol. The number of benzene rings is 4. The second kappa shape index (κ2) is 15.0.